The molecule has 32 heavy (non-hydrogen) atoms. The van der Waals surface area contributed by atoms with Gasteiger partial charge in [-0.05, 0) is 67.8 Å². The minimum Gasteiger partial charge on any atom is -0.355 e. The van der Waals surface area contributed by atoms with Gasteiger partial charge in [-0.3, -0.25) is 9.10 Å². The second-order valence-electron chi connectivity index (χ2n) is 7.35. The zero-order valence-electron chi connectivity index (χ0n) is 17.6. The van der Waals surface area contributed by atoms with Crippen LogP contribution in [0, 0.1) is 12.7 Å². The largest absolute Gasteiger partial charge is 0.355 e. The van der Waals surface area contributed by atoms with Crippen molar-refractivity contribution in [3.05, 3.63) is 94.8 Å². The van der Waals surface area contributed by atoms with Crippen molar-refractivity contribution in [3.63, 3.8) is 0 Å². The van der Waals surface area contributed by atoms with Gasteiger partial charge >= 0.3 is 0 Å². The molecule has 8 heteroatoms. The van der Waals surface area contributed by atoms with Crippen molar-refractivity contribution in [2.24, 2.45) is 0 Å². The number of benzene rings is 3. The average Bonchev–Trinajstić information content (AvgIpc) is 2.77. The van der Waals surface area contributed by atoms with Crippen LogP contribution in [0.5, 0.6) is 0 Å². The lowest BCUT2D eigenvalue weighted by atomic mass is 10.1. The maximum Gasteiger partial charge on any atom is 0.264 e. The number of nitrogens with one attached hydrogen (secondary N) is 1. The molecule has 3 aromatic carbocycles. The predicted octanol–water partition coefficient (Wildman–Crippen LogP) is 4.73. The van der Waals surface area contributed by atoms with E-state index in [2.05, 4.69) is 5.32 Å². The van der Waals surface area contributed by atoms with Crippen LogP contribution < -0.4 is 9.62 Å². The molecule has 0 heterocycles. The van der Waals surface area contributed by atoms with Crippen LogP contribution in [-0.4, -0.2) is 27.4 Å². The summed E-state index contributed by atoms with van der Waals surface area (Å²) in [7, 11) is -4.07. The Labute approximate surface area is 192 Å². The van der Waals surface area contributed by atoms with Gasteiger partial charge in [0.2, 0.25) is 5.91 Å². The molecule has 0 fully saturated rings. The average molecular weight is 475 g/mol. The number of amides is 1. The monoisotopic (exact) mass is 474 g/mol. The van der Waals surface area contributed by atoms with E-state index in [1.54, 1.807) is 24.3 Å². The molecule has 5 nitrogen and oxygen atoms in total. The van der Waals surface area contributed by atoms with Crippen LogP contribution in [0.4, 0.5) is 10.1 Å². The number of sulfonamides is 1. The Kier molecular flexibility index (Phi) is 7.88. The van der Waals surface area contributed by atoms with E-state index in [0.29, 0.717) is 30.1 Å². The van der Waals surface area contributed by atoms with Crippen molar-refractivity contribution in [1.82, 2.24) is 5.32 Å². The number of rotatable bonds is 9. The zero-order chi connectivity index (χ0) is 23.1. The standard InChI is InChI=1S/C24H24ClFN2O3S/c1-18-8-12-21(13-9-18)28(32(30,31)22-14-10-20(26)11-15-22)17-24(29)27-16-4-6-19-5-2-3-7-23(19)25/h2-3,5,7-15H,4,6,16-17H2,1H3,(H,27,29). The van der Waals surface area contributed by atoms with Gasteiger partial charge in [0.05, 0.1) is 10.6 Å². The van der Waals surface area contributed by atoms with E-state index >= 15 is 0 Å². The lowest BCUT2D eigenvalue weighted by molar-refractivity contribution is -0.119. The molecule has 0 bridgehead atoms. The van der Waals surface area contributed by atoms with E-state index in [4.69, 9.17) is 11.6 Å². The normalized spacial score (nSPS) is 11.2. The summed E-state index contributed by atoms with van der Waals surface area (Å²) in [5.74, 6) is -0.975. The van der Waals surface area contributed by atoms with Crippen LogP contribution in [0.3, 0.4) is 0 Å². The molecular weight excluding hydrogens is 451 g/mol. The van der Waals surface area contributed by atoms with E-state index < -0.39 is 28.3 Å². The van der Waals surface area contributed by atoms with Gasteiger partial charge in [0.25, 0.3) is 10.0 Å². The van der Waals surface area contributed by atoms with Gasteiger partial charge in [-0.25, -0.2) is 12.8 Å². The second-order valence-corrected chi connectivity index (χ2v) is 9.62. The first kappa shape index (κ1) is 23.8. The molecule has 0 atom stereocenters. The van der Waals surface area contributed by atoms with Crippen molar-refractivity contribution in [2.45, 2.75) is 24.7 Å². The third-order valence-corrected chi connectivity index (χ3v) is 7.07. The predicted molar refractivity (Wildman–Crippen MR) is 125 cm³/mol. The highest BCUT2D eigenvalue weighted by Gasteiger charge is 2.27. The Hall–Kier alpha value is -2.90. The summed E-state index contributed by atoms with van der Waals surface area (Å²) in [5, 5.41) is 3.44. The summed E-state index contributed by atoms with van der Waals surface area (Å²) >= 11 is 6.15. The van der Waals surface area contributed by atoms with Crippen molar-refractivity contribution in [2.75, 3.05) is 17.4 Å². The molecule has 0 aliphatic heterocycles. The van der Waals surface area contributed by atoms with Crippen molar-refractivity contribution < 1.29 is 17.6 Å². The lowest BCUT2D eigenvalue weighted by Crippen LogP contribution is -2.41. The number of carbonyl (C=O) groups excluding carboxylic acids is 1. The Bertz CT molecular complexity index is 1170. The van der Waals surface area contributed by atoms with Gasteiger partial charge in [-0.15, -0.1) is 0 Å². The van der Waals surface area contributed by atoms with Crippen LogP contribution in [-0.2, 0) is 21.2 Å². The van der Waals surface area contributed by atoms with Crippen LogP contribution in [0.1, 0.15) is 17.5 Å². The van der Waals surface area contributed by atoms with Crippen LogP contribution in [0.2, 0.25) is 5.02 Å². The van der Waals surface area contributed by atoms with Crippen LogP contribution >= 0.6 is 11.6 Å². The van der Waals surface area contributed by atoms with E-state index in [1.807, 2.05) is 31.2 Å². The van der Waals surface area contributed by atoms with E-state index in [9.17, 15) is 17.6 Å². The summed E-state index contributed by atoms with van der Waals surface area (Å²) in [4.78, 5) is 12.5. The molecule has 0 saturated carbocycles. The first-order valence-electron chi connectivity index (χ1n) is 10.1. The molecular formula is C24H24ClFN2O3S. The Morgan fingerprint density at radius 1 is 1.00 bits per heavy atom. The molecule has 0 aliphatic carbocycles. The van der Waals surface area contributed by atoms with Gasteiger partial charge in [0.1, 0.15) is 12.4 Å². The molecule has 1 N–H and O–H groups in total. The van der Waals surface area contributed by atoms with E-state index in [0.717, 1.165) is 27.6 Å². The smallest absolute Gasteiger partial charge is 0.264 e. The number of halogens is 2. The second kappa shape index (κ2) is 10.6. The summed E-state index contributed by atoms with van der Waals surface area (Å²) < 4.78 is 40.8. The molecule has 0 aromatic heterocycles. The maximum atomic E-state index is 13.3. The highest BCUT2D eigenvalue weighted by molar-refractivity contribution is 7.92. The number of hydrogen-bond donors (Lipinski definition) is 1. The summed E-state index contributed by atoms with van der Waals surface area (Å²) in [5.41, 5.74) is 2.30. The first-order valence-corrected chi connectivity index (χ1v) is 11.9. The fourth-order valence-electron chi connectivity index (χ4n) is 3.15. The van der Waals surface area contributed by atoms with Crippen molar-refractivity contribution in [1.29, 1.82) is 0 Å². The van der Waals surface area contributed by atoms with Gasteiger partial charge < -0.3 is 5.32 Å². The number of aryl methyl sites for hydroxylation is 2. The fraction of sp³-hybridized carbons (Fsp3) is 0.208. The topological polar surface area (TPSA) is 66.5 Å². The van der Waals surface area contributed by atoms with Gasteiger partial charge in [0, 0.05) is 11.6 Å². The van der Waals surface area contributed by atoms with E-state index in [1.165, 1.54) is 12.1 Å². The first-order chi connectivity index (χ1) is 15.3. The third-order valence-electron chi connectivity index (χ3n) is 4.91. The van der Waals surface area contributed by atoms with Gasteiger partial charge in [-0.2, -0.15) is 0 Å². The lowest BCUT2D eigenvalue weighted by Gasteiger charge is -2.24. The molecule has 0 spiro atoms. The summed E-state index contributed by atoms with van der Waals surface area (Å²) in [6, 6.07) is 18.9. The Morgan fingerprint density at radius 3 is 2.31 bits per heavy atom. The maximum absolute atomic E-state index is 13.3. The zero-order valence-corrected chi connectivity index (χ0v) is 19.2. The molecule has 3 rings (SSSR count). The van der Waals surface area contributed by atoms with Gasteiger partial charge in [-0.1, -0.05) is 47.5 Å². The fourth-order valence-corrected chi connectivity index (χ4v) is 4.81. The highest BCUT2D eigenvalue weighted by atomic mass is 35.5. The van der Waals surface area contributed by atoms with Crippen molar-refractivity contribution >= 4 is 33.2 Å². The molecule has 0 aliphatic rings. The molecule has 3 aromatic rings. The quantitative estimate of drug-likeness (QED) is 0.456. The van der Waals surface area contributed by atoms with Crippen molar-refractivity contribution in [3.8, 4) is 0 Å². The number of hydrogen-bond acceptors (Lipinski definition) is 3. The minimum atomic E-state index is -4.07. The molecule has 0 saturated heterocycles. The Balaban J connectivity index is 1.71. The highest BCUT2D eigenvalue weighted by Crippen LogP contribution is 2.24. The number of anilines is 1. The van der Waals surface area contributed by atoms with E-state index in [-0.39, 0.29) is 4.90 Å². The number of carbonyl (C=O) groups is 1. The summed E-state index contributed by atoms with van der Waals surface area (Å²) in [6.07, 6.45) is 1.35. The van der Waals surface area contributed by atoms with Crippen LogP contribution in [0.15, 0.2) is 77.7 Å². The Morgan fingerprint density at radius 2 is 1.66 bits per heavy atom. The minimum absolute atomic E-state index is 0.0917. The molecule has 1 amide bonds. The molecule has 168 valence electrons. The van der Waals surface area contributed by atoms with Crippen LogP contribution in [0.25, 0.3) is 0 Å². The molecule has 0 radical (unpaired) electrons. The number of nitrogens with zero attached hydrogens (tertiary/aromatic N) is 1. The van der Waals surface area contributed by atoms with Gasteiger partial charge in [0.15, 0.2) is 0 Å². The SMILES string of the molecule is Cc1ccc(N(CC(=O)NCCCc2ccccc2Cl)S(=O)(=O)c2ccc(F)cc2)cc1. The molecule has 0 unspecified atom stereocenters. The summed E-state index contributed by atoms with van der Waals surface area (Å²) in [6.45, 7) is 1.87. The third kappa shape index (κ3) is 6.08.